The molecule has 2 aromatic rings. The third-order valence-corrected chi connectivity index (χ3v) is 19.9. The van der Waals surface area contributed by atoms with Gasteiger partial charge in [0.2, 0.25) is 9.74 Å². The molecule has 16 heteroatoms. The first-order valence-electron chi connectivity index (χ1n) is 15.5. The minimum absolute atomic E-state index is 0.307. The van der Waals surface area contributed by atoms with E-state index in [1.165, 1.54) is 62.8 Å². The van der Waals surface area contributed by atoms with Crippen molar-refractivity contribution in [2.45, 2.75) is 75.1 Å². The van der Waals surface area contributed by atoms with Gasteiger partial charge >= 0.3 is 0 Å². The van der Waals surface area contributed by atoms with Crippen molar-refractivity contribution in [3.63, 3.8) is 0 Å². The van der Waals surface area contributed by atoms with E-state index in [0.717, 1.165) is 0 Å². The van der Waals surface area contributed by atoms with Crippen molar-refractivity contribution < 1.29 is 29.4 Å². The van der Waals surface area contributed by atoms with Gasteiger partial charge in [-0.1, -0.05) is 64.9 Å². The molecule has 4 N–H and O–H groups in total. The summed E-state index contributed by atoms with van der Waals surface area (Å²) in [5, 5.41) is 33.8. The van der Waals surface area contributed by atoms with Crippen LogP contribution in [0.5, 0.6) is 0 Å². The number of piperazine rings is 2. The van der Waals surface area contributed by atoms with E-state index < -0.39 is 66.7 Å². The van der Waals surface area contributed by atoms with E-state index >= 15 is 0 Å². The lowest BCUT2D eigenvalue weighted by molar-refractivity contribution is -0.167. The molecule has 244 valence electrons. The summed E-state index contributed by atoms with van der Waals surface area (Å²) in [5.74, 6) is -1.46. The molecule has 8 fully saturated rings. The lowest BCUT2D eigenvalue weighted by Crippen LogP contribution is -2.78. The van der Waals surface area contributed by atoms with E-state index in [0.29, 0.717) is 28.9 Å². The Morgan fingerprint density at radius 2 is 1.15 bits per heavy atom. The molecule has 12 nitrogen and oxygen atoms in total. The molecule has 10 atom stereocenters. The molecular formula is C31H30N6O6S4. The fourth-order valence-corrected chi connectivity index (χ4v) is 17.6. The third-order valence-electron chi connectivity index (χ3n) is 12.4. The van der Waals surface area contributed by atoms with Crippen molar-refractivity contribution in [2.75, 3.05) is 24.7 Å². The van der Waals surface area contributed by atoms with Crippen LogP contribution >= 0.6 is 43.2 Å². The van der Waals surface area contributed by atoms with Crippen molar-refractivity contribution in [1.29, 1.82) is 0 Å². The summed E-state index contributed by atoms with van der Waals surface area (Å²) in [5.41, 5.74) is -0.761. The molecule has 4 amide bonds. The maximum atomic E-state index is 14.9. The van der Waals surface area contributed by atoms with Crippen LogP contribution in [0.25, 0.3) is 0 Å². The highest BCUT2D eigenvalue weighted by Crippen LogP contribution is 2.78. The SMILES string of the molecule is CC[C@@]12SS[C@]3(C(=O)N1C)[C@@H](O)[C@]1([C@@]45c6ccccc6N[C@@H]4N4C(=O)[C@]6(C)SS[C@]4(C(=O)N6C)[C@H]5O)c4ccccc4N[C@@H]1N3C2=O. The second kappa shape index (κ2) is 8.33. The zero-order chi connectivity index (χ0) is 32.8. The highest BCUT2D eigenvalue weighted by molar-refractivity contribution is 8.78. The molecule has 10 heterocycles. The van der Waals surface area contributed by atoms with Gasteiger partial charge in [0, 0.05) is 25.5 Å². The number of carbonyl (C=O) groups is 4. The quantitative estimate of drug-likeness (QED) is 0.337. The van der Waals surface area contributed by atoms with Crippen molar-refractivity contribution in [1.82, 2.24) is 19.6 Å². The van der Waals surface area contributed by atoms with E-state index in [2.05, 4.69) is 10.6 Å². The van der Waals surface area contributed by atoms with Gasteiger partial charge in [-0.25, -0.2) is 0 Å². The summed E-state index contributed by atoms with van der Waals surface area (Å²) in [7, 11) is 8.09. The summed E-state index contributed by atoms with van der Waals surface area (Å²) in [6.45, 7) is 3.58. The summed E-state index contributed by atoms with van der Waals surface area (Å²) in [6.07, 6.45) is -4.86. The topological polar surface area (TPSA) is 146 Å². The Bertz CT molecular complexity index is 1920. The smallest absolute Gasteiger partial charge is 0.264 e. The Morgan fingerprint density at radius 3 is 1.68 bits per heavy atom. The number of fused-ring (bicyclic) bond motifs is 11. The van der Waals surface area contributed by atoms with Crippen LogP contribution in [0.1, 0.15) is 31.4 Å². The number of aliphatic hydroxyl groups is 2. The average Bonchev–Trinajstić information content (AvgIpc) is 3.72. The van der Waals surface area contributed by atoms with Gasteiger partial charge in [0.1, 0.15) is 24.5 Å². The van der Waals surface area contributed by atoms with Crippen molar-refractivity contribution in [3.8, 4) is 0 Å². The van der Waals surface area contributed by atoms with Crippen molar-refractivity contribution >= 4 is 78.2 Å². The van der Waals surface area contributed by atoms with Crippen LogP contribution in [0.2, 0.25) is 0 Å². The number of nitrogens with one attached hydrogen (secondary N) is 2. The first kappa shape index (κ1) is 29.2. The van der Waals surface area contributed by atoms with Gasteiger partial charge in [-0.2, -0.15) is 0 Å². The molecule has 10 aliphatic heterocycles. The number of aliphatic hydroxyl groups excluding tert-OH is 2. The molecule has 2 aromatic carbocycles. The van der Waals surface area contributed by atoms with E-state index in [4.69, 9.17) is 0 Å². The van der Waals surface area contributed by atoms with E-state index in [-0.39, 0.29) is 11.8 Å². The highest BCUT2D eigenvalue weighted by Gasteiger charge is 2.93. The summed E-state index contributed by atoms with van der Waals surface area (Å²) >= 11 is 0. The fraction of sp³-hybridized carbons (Fsp3) is 0.484. The zero-order valence-corrected chi connectivity index (χ0v) is 28.9. The Hall–Kier alpha value is -2.76. The van der Waals surface area contributed by atoms with Gasteiger partial charge < -0.3 is 30.6 Å². The Morgan fingerprint density at radius 1 is 0.681 bits per heavy atom. The largest absolute Gasteiger partial charge is 0.388 e. The Labute approximate surface area is 285 Å². The van der Waals surface area contributed by atoms with Gasteiger partial charge in [-0.15, -0.1) is 0 Å². The van der Waals surface area contributed by atoms with E-state index in [9.17, 15) is 29.4 Å². The molecule has 2 spiro atoms. The number of anilines is 2. The minimum atomic E-state index is -1.76. The standard InChI is InChI=1S/C31H30N6O6S4/c1-5-27-23(41)37-21-29(15-11-7-9-13-17(15)33-21,19(39)31(37,47-45-27)25(43)35(27)4)28-14-10-6-8-12-16(14)32-20(28)36-22(40)26(2)34(3)24(42)30(36,18(28)38)46-44-26/h6-13,18-21,32-33,38-39H,5H2,1-4H3/t18-,19-,20+,21+,26-,27-,28+,29+,30-,31-/m0/s1. The number of amides is 4. The maximum absolute atomic E-state index is 14.9. The monoisotopic (exact) mass is 710 g/mol. The zero-order valence-electron chi connectivity index (χ0n) is 25.6. The molecule has 0 aliphatic carbocycles. The summed E-state index contributed by atoms with van der Waals surface area (Å²) in [4.78, 5) is 58.8. The number of hydrogen-bond acceptors (Lipinski definition) is 12. The van der Waals surface area contributed by atoms with Gasteiger partial charge in [-0.3, -0.25) is 29.0 Å². The Kier molecular flexibility index (Phi) is 5.17. The number of rotatable bonds is 2. The lowest BCUT2D eigenvalue weighted by Gasteiger charge is -2.58. The predicted molar refractivity (Wildman–Crippen MR) is 180 cm³/mol. The van der Waals surface area contributed by atoms with Crippen LogP contribution < -0.4 is 10.6 Å². The number of para-hydroxylation sites is 2. The number of hydrogen-bond donors (Lipinski definition) is 4. The number of carbonyl (C=O) groups excluding carboxylic acids is 4. The fourth-order valence-electron chi connectivity index (χ4n) is 10.2. The lowest BCUT2D eigenvalue weighted by atomic mass is 9.52. The van der Waals surface area contributed by atoms with E-state index in [1.54, 1.807) is 21.0 Å². The van der Waals surface area contributed by atoms with Gasteiger partial charge in [0.15, 0.2) is 9.74 Å². The first-order valence-corrected chi connectivity index (χ1v) is 19.8. The van der Waals surface area contributed by atoms with Gasteiger partial charge in [0.25, 0.3) is 23.6 Å². The summed E-state index contributed by atoms with van der Waals surface area (Å²) < 4.78 is 0. The third kappa shape index (κ3) is 2.45. The normalized spacial score (nSPS) is 46.3. The molecule has 47 heavy (non-hydrogen) atoms. The van der Waals surface area contributed by atoms with Crippen LogP contribution in [-0.2, 0) is 30.0 Å². The summed E-state index contributed by atoms with van der Waals surface area (Å²) in [6, 6.07) is 14.8. The number of nitrogens with zero attached hydrogens (tertiary/aromatic N) is 4. The number of likely N-dealkylation sites (N-methyl/N-ethyl adjacent to an activating group) is 2. The average molecular weight is 711 g/mol. The van der Waals surface area contributed by atoms with Crippen LogP contribution in [0.3, 0.4) is 0 Å². The minimum Gasteiger partial charge on any atom is -0.388 e. The highest BCUT2D eigenvalue weighted by atomic mass is 33.1. The molecular weight excluding hydrogens is 681 g/mol. The molecule has 0 unspecified atom stereocenters. The molecule has 0 aromatic heterocycles. The molecule has 8 saturated heterocycles. The van der Waals surface area contributed by atoms with Crippen molar-refractivity contribution in [3.05, 3.63) is 59.7 Å². The van der Waals surface area contributed by atoms with Crippen molar-refractivity contribution in [2.24, 2.45) is 0 Å². The molecule has 0 saturated carbocycles. The molecule has 4 bridgehead atoms. The molecule has 0 radical (unpaired) electrons. The molecule has 10 aliphatic rings. The first-order chi connectivity index (χ1) is 22.4. The van der Waals surface area contributed by atoms with Crippen LogP contribution in [-0.4, -0.2) is 112 Å². The second-order valence-electron chi connectivity index (χ2n) is 13.7. The van der Waals surface area contributed by atoms with Crippen LogP contribution in [0, 0.1) is 0 Å². The molecule has 12 rings (SSSR count). The maximum Gasteiger partial charge on any atom is 0.264 e. The van der Waals surface area contributed by atoms with Crippen LogP contribution in [0.15, 0.2) is 48.5 Å². The Balaban J connectivity index is 1.35. The van der Waals surface area contributed by atoms with E-state index in [1.807, 2.05) is 55.5 Å². The number of benzene rings is 2. The second-order valence-corrected chi connectivity index (χ2v) is 19.0. The predicted octanol–water partition coefficient (Wildman–Crippen LogP) is 1.72. The van der Waals surface area contributed by atoms with Crippen LogP contribution in [0.4, 0.5) is 11.4 Å². The van der Waals surface area contributed by atoms with Gasteiger partial charge in [0.05, 0.1) is 10.8 Å². The van der Waals surface area contributed by atoms with Gasteiger partial charge in [-0.05, 0) is 58.2 Å².